The number of fused-ring (bicyclic) bond motifs is 1. The van der Waals surface area contributed by atoms with Gasteiger partial charge in [0.2, 0.25) is 0 Å². The molecular formula is C24H27ClN2. The monoisotopic (exact) mass is 378 g/mol. The number of nitriles is 1. The van der Waals surface area contributed by atoms with Gasteiger partial charge >= 0.3 is 0 Å². The summed E-state index contributed by atoms with van der Waals surface area (Å²) in [7, 11) is 0. The molecule has 1 heterocycles. The first-order chi connectivity index (χ1) is 12.8. The van der Waals surface area contributed by atoms with E-state index in [0.717, 1.165) is 24.1 Å². The van der Waals surface area contributed by atoms with Gasteiger partial charge in [-0.05, 0) is 92.6 Å². The number of anilines is 1. The van der Waals surface area contributed by atoms with Crippen molar-refractivity contribution in [1.29, 1.82) is 5.26 Å². The highest BCUT2D eigenvalue weighted by Crippen LogP contribution is 2.44. The van der Waals surface area contributed by atoms with Crippen molar-refractivity contribution in [2.45, 2.75) is 52.5 Å². The molecule has 27 heavy (non-hydrogen) atoms. The number of rotatable bonds is 3. The van der Waals surface area contributed by atoms with Gasteiger partial charge in [0.15, 0.2) is 0 Å². The molecule has 0 aromatic heterocycles. The molecule has 1 aliphatic rings. The number of hydrogen-bond acceptors (Lipinski definition) is 2. The van der Waals surface area contributed by atoms with Crippen molar-refractivity contribution < 1.29 is 0 Å². The smallest absolute Gasteiger partial charge is 0.0998 e. The summed E-state index contributed by atoms with van der Waals surface area (Å²) in [5.74, 6) is 0.492. The van der Waals surface area contributed by atoms with Crippen LogP contribution in [-0.2, 0) is 0 Å². The summed E-state index contributed by atoms with van der Waals surface area (Å²) in [4.78, 5) is 2.51. The molecule has 0 spiro atoms. The van der Waals surface area contributed by atoms with Gasteiger partial charge in [0, 0.05) is 22.8 Å². The van der Waals surface area contributed by atoms with E-state index in [1.54, 1.807) is 0 Å². The molecule has 2 aromatic rings. The maximum atomic E-state index is 9.68. The Balaban J connectivity index is 2.10. The summed E-state index contributed by atoms with van der Waals surface area (Å²) in [5, 5.41) is 10.4. The van der Waals surface area contributed by atoms with Gasteiger partial charge in [-0.2, -0.15) is 5.26 Å². The fraction of sp³-hybridized carbons (Fsp3) is 0.375. The zero-order valence-electron chi connectivity index (χ0n) is 16.8. The molecule has 0 radical (unpaired) electrons. The van der Waals surface area contributed by atoms with E-state index >= 15 is 0 Å². The average Bonchev–Trinajstić information content (AvgIpc) is 2.61. The van der Waals surface area contributed by atoms with Crippen LogP contribution in [-0.4, -0.2) is 12.1 Å². The summed E-state index contributed by atoms with van der Waals surface area (Å²) in [6.07, 6.45) is 3.13. The lowest BCUT2D eigenvalue weighted by atomic mass is 9.79. The van der Waals surface area contributed by atoms with Gasteiger partial charge in [0.1, 0.15) is 0 Å². The fourth-order valence-corrected chi connectivity index (χ4v) is 4.50. The van der Waals surface area contributed by atoms with E-state index < -0.39 is 0 Å². The number of allylic oxidation sites excluding steroid dienone is 1. The Morgan fingerprint density at radius 1 is 1.30 bits per heavy atom. The Morgan fingerprint density at radius 2 is 1.96 bits per heavy atom. The highest BCUT2D eigenvalue weighted by Gasteiger charge is 2.35. The van der Waals surface area contributed by atoms with Crippen LogP contribution in [0.3, 0.4) is 0 Å². The van der Waals surface area contributed by atoms with Gasteiger partial charge < -0.3 is 4.90 Å². The van der Waals surface area contributed by atoms with E-state index in [1.807, 2.05) is 30.3 Å². The van der Waals surface area contributed by atoms with Crippen molar-refractivity contribution in [2.24, 2.45) is 0 Å². The number of nitrogens with zero attached hydrogens (tertiary/aromatic N) is 2. The number of aryl methyl sites for hydroxylation is 1. The van der Waals surface area contributed by atoms with Crippen molar-refractivity contribution >= 4 is 28.9 Å². The maximum absolute atomic E-state index is 9.68. The molecule has 0 fully saturated rings. The summed E-state index contributed by atoms with van der Waals surface area (Å²) in [5.41, 5.74) is 6.73. The van der Waals surface area contributed by atoms with Crippen molar-refractivity contribution in [1.82, 2.24) is 0 Å². The molecule has 140 valence electrons. The minimum Gasteiger partial charge on any atom is -0.366 e. The van der Waals surface area contributed by atoms with E-state index in [2.05, 4.69) is 57.7 Å². The second-order valence-electron chi connectivity index (χ2n) is 8.11. The van der Waals surface area contributed by atoms with Gasteiger partial charge in [-0.3, -0.25) is 0 Å². The van der Waals surface area contributed by atoms with E-state index in [0.29, 0.717) is 16.5 Å². The zero-order valence-corrected chi connectivity index (χ0v) is 17.6. The van der Waals surface area contributed by atoms with Gasteiger partial charge in [-0.1, -0.05) is 30.7 Å². The third-order valence-corrected chi connectivity index (χ3v) is 5.92. The van der Waals surface area contributed by atoms with Crippen LogP contribution >= 0.6 is 11.6 Å². The van der Waals surface area contributed by atoms with Gasteiger partial charge in [0.05, 0.1) is 11.6 Å². The quantitative estimate of drug-likeness (QED) is 0.432. The fourth-order valence-electron chi connectivity index (χ4n) is 4.37. The lowest BCUT2D eigenvalue weighted by molar-refractivity contribution is 0.381. The minimum absolute atomic E-state index is 0.159. The van der Waals surface area contributed by atoms with Crippen molar-refractivity contribution in [3.63, 3.8) is 0 Å². The van der Waals surface area contributed by atoms with Crippen molar-refractivity contribution in [3.8, 4) is 6.07 Å². The van der Waals surface area contributed by atoms with Crippen LogP contribution in [0.25, 0.3) is 11.6 Å². The molecule has 0 N–H and O–H groups in total. The van der Waals surface area contributed by atoms with E-state index in [-0.39, 0.29) is 5.54 Å². The molecule has 0 saturated carbocycles. The number of halogens is 1. The molecule has 0 amide bonds. The topological polar surface area (TPSA) is 27.0 Å². The second-order valence-corrected chi connectivity index (χ2v) is 8.54. The van der Waals surface area contributed by atoms with E-state index in [4.69, 9.17) is 11.6 Å². The van der Waals surface area contributed by atoms with Crippen LogP contribution in [0.15, 0.2) is 36.4 Å². The maximum Gasteiger partial charge on any atom is 0.0998 e. The van der Waals surface area contributed by atoms with Crippen LogP contribution in [0.1, 0.15) is 62.3 Å². The molecular weight excluding hydrogens is 352 g/mol. The largest absolute Gasteiger partial charge is 0.366 e. The van der Waals surface area contributed by atoms with Crippen LogP contribution in [0.4, 0.5) is 5.69 Å². The van der Waals surface area contributed by atoms with Crippen LogP contribution in [0.5, 0.6) is 0 Å². The highest BCUT2D eigenvalue weighted by atomic mass is 35.5. The molecule has 1 atom stereocenters. The normalized spacial score (nSPS) is 18.8. The Bertz CT molecular complexity index is 917. The van der Waals surface area contributed by atoms with Gasteiger partial charge in [-0.15, -0.1) is 0 Å². The molecule has 1 aliphatic heterocycles. The predicted molar refractivity (Wildman–Crippen MR) is 116 cm³/mol. The van der Waals surface area contributed by atoms with Crippen molar-refractivity contribution in [3.05, 3.63) is 63.7 Å². The summed E-state index contributed by atoms with van der Waals surface area (Å²) in [6, 6.07) is 14.4. The molecule has 3 heteroatoms. The van der Waals surface area contributed by atoms with Gasteiger partial charge in [0.25, 0.3) is 0 Å². The third-order valence-electron chi connectivity index (χ3n) is 5.67. The first-order valence-corrected chi connectivity index (χ1v) is 9.94. The van der Waals surface area contributed by atoms with Crippen LogP contribution in [0, 0.1) is 18.3 Å². The zero-order chi connectivity index (χ0) is 19.8. The van der Waals surface area contributed by atoms with Crippen LogP contribution in [0.2, 0.25) is 5.02 Å². The standard InChI is InChI=1S/C24H27ClN2/c1-6-27-23-11-16(2)19(13-22(23)17(3)14-24(27,4)5)12-20(15-26)18-7-9-21(25)10-8-18/h7-13,17H,6,14H2,1-5H3/b20-12-. The van der Waals surface area contributed by atoms with Crippen LogP contribution < -0.4 is 4.90 Å². The first kappa shape index (κ1) is 19.5. The first-order valence-electron chi connectivity index (χ1n) is 9.56. The number of benzene rings is 2. The molecule has 2 aromatic carbocycles. The Labute approximate surface area is 168 Å². The van der Waals surface area contributed by atoms with Crippen molar-refractivity contribution in [2.75, 3.05) is 11.4 Å². The Kier molecular flexibility index (Phi) is 5.36. The SMILES string of the molecule is CCN1c2cc(C)c(/C=C(/C#N)c3ccc(Cl)cc3)cc2C(C)CC1(C)C. The van der Waals surface area contributed by atoms with E-state index in [1.165, 1.54) is 16.8 Å². The third kappa shape index (κ3) is 3.75. The Morgan fingerprint density at radius 3 is 2.56 bits per heavy atom. The lowest BCUT2D eigenvalue weighted by Crippen LogP contribution is -2.48. The lowest BCUT2D eigenvalue weighted by Gasteiger charge is -2.47. The molecule has 0 bridgehead atoms. The summed E-state index contributed by atoms with van der Waals surface area (Å²) in [6.45, 7) is 12.3. The molecule has 0 saturated heterocycles. The number of hydrogen-bond donors (Lipinski definition) is 0. The molecule has 1 unspecified atom stereocenters. The summed E-state index contributed by atoms with van der Waals surface area (Å²) >= 11 is 5.98. The average molecular weight is 379 g/mol. The van der Waals surface area contributed by atoms with Gasteiger partial charge in [-0.25, -0.2) is 0 Å². The minimum atomic E-state index is 0.159. The molecule has 2 nitrogen and oxygen atoms in total. The molecule has 0 aliphatic carbocycles. The molecule has 3 rings (SSSR count). The van der Waals surface area contributed by atoms with E-state index in [9.17, 15) is 5.26 Å². The second kappa shape index (κ2) is 7.41. The predicted octanol–water partition coefficient (Wildman–Crippen LogP) is 6.82. The Hall–Kier alpha value is -2.24. The summed E-state index contributed by atoms with van der Waals surface area (Å²) < 4.78 is 0. The highest BCUT2D eigenvalue weighted by molar-refractivity contribution is 6.30.